The summed E-state index contributed by atoms with van der Waals surface area (Å²) in [6, 6.07) is 3.01. The van der Waals surface area contributed by atoms with Crippen LogP contribution in [-0.2, 0) is 21.4 Å². The smallest absolute Gasteiger partial charge is 0.273 e. The van der Waals surface area contributed by atoms with E-state index in [9.17, 15) is 13.2 Å². The Labute approximate surface area is 119 Å². The second-order valence-electron chi connectivity index (χ2n) is 4.55. The minimum Gasteiger partial charge on any atom is -0.447 e. The Morgan fingerprint density at radius 2 is 2.00 bits per heavy atom. The van der Waals surface area contributed by atoms with E-state index in [1.807, 2.05) is 13.8 Å². The van der Waals surface area contributed by atoms with E-state index in [4.69, 9.17) is 4.42 Å². The Bertz CT molecular complexity index is 537. The van der Waals surface area contributed by atoms with E-state index in [1.54, 1.807) is 6.07 Å². The van der Waals surface area contributed by atoms with Crippen molar-refractivity contribution < 1.29 is 17.6 Å². The van der Waals surface area contributed by atoms with Crippen LogP contribution in [0.2, 0.25) is 0 Å². The summed E-state index contributed by atoms with van der Waals surface area (Å²) in [5, 5.41) is 5.72. The molecule has 3 N–H and O–H groups in total. The summed E-state index contributed by atoms with van der Waals surface area (Å²) >= 11 is 0. The van der Waals surface area contributed by atoms with Gasteiger partial charge in [-0.15, -0.1) is 0 Å². The molecule has 7 nitrogen and oxygen atoms in total. The maximum absolute atomic E-state index is 11.5. The maximum Gasteiger partial charge on any atom is 0.273 e. The SMILES string of the molecule is CNS(=O)(=O)c1ccc(CNCCNC(=O)C(C)C)o1. The summed E-state index contributed by atoms with van der Waals surface area (Å²) < 4.78 is 30.3. The minimum absolute atomic E-state index is 0.00667. The first-order chi connectivity index (χ1) is 9.36. The van der Waals surface area contributed by atoms with Gasteiger partial charge in [0.2, 0.25) is 11.0 Å². The summed E-state index contributed by atoms with van der Waals surface area (Å²) in [7, 11) is -2.21. The zero-order valence-corrected chi connectivity index (χ0v) is 12.7. The summed E-state index contributed by atoms with van der Waals surface area (Å²) in [6.07, 6.45) is 0. The van der Waals surface area contributed by atoms with Crippen LogP contribution in [0, 0.1) is 5.92 Å². The molecule has 0 aliphatic heterocycles. The number of hydrogen-bond donors (Lipinski definition) is 3. The van der Waals surface area contributed by atoms with Crippen LogP contribution in [-0.4, -0.2) is 34.5 Å². The van der Waals surface area contributed by atoms with E-state index in [2.05, 4.69) is 15.4 Å². The van der Waals surface area contributed by atoms with Crippen molar-refractivity contribution in [1.82, 2.24) is 15.4 Å². The molecule has 0 saturated heterocycles. The van der Waals surface area contributed by atoms with Crippen molar-refractivity contribution in [2.24, 2.45) is 5.92 Å². The van der Waals surface area contributed by atoms with Gasteiger partial charge in [-0.05, 0) is 19.2 Å². The number of sulfonamides is 1. The average molecular weight is 303 g/mol. The first kappa shape index (κ1) is 16.7. The second kappa shape index (κ2) is 7.41. The molecule has 1 rings (SSSR count). The Balaban J connectivity index is 2.32. The fourth-order valence-corrected chi connectivity index (χ4v) is 2.05. The van der Waals surface area contributed by atoms with Crippen molar-refractivity contribution in [2.75, 3.05) is 20.1 Å². The summed E-state index contributed by atoms with van der Waals surface area (Å²) in [6.45, 7) is 5.15. The standard InChI is InChI=1S/C12H21N3O4S/c1-9(2)12(16)15-7-6-14-8-10-4-5-11(19-10)20(17,18)13-3/h4-5,9,13-14H,6-8H2,1-3H3,(H,15,16). The molecule has 1 aromatic heterocycles. The van der Waals surface area contributed by atoms with Crippen molar-refractivity contribution in [3.05, 3.63) is 17.9 Å². The predicted octanol–water partition coefficient (Wildman–Crippen LogP) is 0.0495. The molecule has 0 aliphatic carbocycles. The molecule has 0 aromatic carbocycles. The molecule has 0 saturated carbocycles. The lowest BCUT2D eigenvalue weighted by atomic mass is 10.2. The van der Waals surface area contributed by atoms with Crippen LogP contribution in [0.25, 0.3) is 0 Å². The first-order valence-corrected chi connectivity index (χ1v) is 7.86. The lowest BCUT2D eigenvalue weighted by molar-refractivity contribution is -0.123. The maximum atomic E-state index is 11.5. The molecule has 0 unspecified atom stereocenters. The number of carbonyl (C=O) groups is 1. The largest absolute Gasteiger partial charge is 0.447 e. The van der Waals surface area contributed by atoms with Gasteiger partial charge in [-0.2, -0.15) is 0 Å². The van der Waals surface area contributed by atoms with Crippen molar-refractivity contribution in [3.63, 3.8) is 0 Å². The number of rotatable bonds is 8. The quantitative estimate of drug-likeness (QED) is 0.589. The van der Waals surface area contributed by atoms with E-state index < -0.39 is 10.0 Å². The van der Waals surface area contributed by atoms with Crippen LogP contribution < -0.4 is 15.4 Å². The van der Waals surface area contributed by atoms with Crippen LogP contribution in [0.15, 0.2) is 21.6 Å². The molecule has 114 valence electrons. The highest BCUT2D eigenvalue weighted by atomic mass is 32.2. The molecule has 0 bridgehead atoms. The summed E-state index contributed by atoms with van der Waals surface area (Å²) in [5.41, 5.74) is 0. The van der Waals surface area contributed by atoms with Gasteiger partial charge in [0.25, 0.3) is 10.0 Å². The first-order valence-electron chi connectivity index (χ1n) is 6.37. The van der Waals surface area contributed by atoms with E-state index in [0.29, 0.717) is 25.4 Å². The van der Waals surface area contributed by atoms with Crippen LogP contribution in [0.3, 0.4) is 0 Å². The summed E-state index contributed by atoms with van der Waals surface area (Å²) in [5.74, 6) is 0.496. The fraction of sp³-hybridized carbons (Fsp3) is 0.583. The zero-order chi connectivity index (χ0) is 15.2. The average Bonchev–Trinajstić information content (AvgIpc) is 2.87. The molecular weight excluding hydrogens is 282 g/mol. The molecule has 1 heterocycles. The lowest BCUT2D eigenvalue weighted by Crippen LogP contribution is -2.34. The van der Waals surface area contributed by atoms with E-state index >= 15 is 0 Å². The third kappa shape index (κ3) is 4.95. The highest BCUT2D eigenvalue weighted by Gasteiger charge is 2.15. The van der Waals surface area contributed by atoms with Gasteiger partial charge in [0.1, 0.15) is 5.76 Å². The van der Waals surface area contributed by atoms with Crippen LogP contribution >= 0.6 is 0 Å². The van der Waals surface area contributed by atoms with E-state index in [0.717, 1.165) is 0 Å². The molecule has 20 heavy (non-hydrogen) atoms. The van der Waals surface area contributed by atoms with Crippen LogP contribution in [0.1, 0.15) is 19.6 Å². The predicted molar refractivity (Wildman–Crippen MR) is 74.5 cm³/mol. The van der Waals surface area contributed by atoms with Gasteiger partial charge >= 0.3 is 0 Å². The zero-order valence-electron chi connectivity index (χ0n) is 11.9. The molecule has 0 fully saturated rings. The Morgan fingerprint density at radius 1 is 1.30 bits per heavy atom. The molecule has 0 atom stereocenters. The van der Waals surface area contributed by atoms with Gasteiger partial charge in [0.05, 0.1) is 6.54 Å². The number of nitrogens with one attached hydrogen (secondary N) is 3. The van der Waals surface area contributed by atoms with Crippen molar-refractivity contribution in [1.29, 1.82) is 0 Å². The molecule has 8 heteroatoms. The van der Waals surface area contributed by atoms with Gasteiger partial charge in [0.15, 0.2) is 0 Å². The Hall–Kier alpha value is -1.38. The van der Waals surface area contributed by atoms with Crippen LogP contribution in [0.4, 0.5) is 0 Å². The van der Waals surface area contributed by atoms with Gasteiger partial charge in [-0.3, -0.25) is 4.79 Å². The highest BCUT2D eigenvalue weighted by Crippen LogP contribution is 2.12. The Kier molecular flexibility index (Phi) is 6.18. The third-order valence-electron chi connectivity index (χ3n) is 2.60. The highest BCUT2D eigenvalue weighted by molar-refractivity contribution is 7.89. The second-order valence-corrected chi connectivity index (χ2v) is 6.37. The van der Waals surface area contributed by atoms with Crippen molar-refractivity contribution in [2.45, 2.75) is 25.5 Å². The molecule has 0 aliphatic rings. The number of amides is 1. The molecule has 0 spiro atoms. The third-order valence-corrected chi connectivity index (χ3v) is 3.88. The molecular formula is C12H21N3O4S. The topological polar surface area (TPSA) is 100 Å². The monoisotopic (exact) mass is 303 g/mol. The van der Waals surface area contributed by atoms with Crippen LogP contribution in [0.5, 0.6) is 0 Å². The number of furan rings is 1. The Morgan fingerprint density at radius 3 is 2.60 bits per heavy atom. The van der Waals surface area contributed by atoms with Gasteiger partial charge in [0, 0.05) is 19.0 Å². The lowest BCUT2D eigenvalue weighted by Gasteiger charge is -2.07. The van der Waals surface area contributed by atoms with Crippen molar-refractivity contribution >= 4 is 15.9 Å². The van der Waals surface area contributed by atoms with Gasteiger partial charge in [-0.1, -0.05) is 13.8 Å². The molecule has 0 radical (unpaired) electrons. The van der Waals surface area contributed by atoms with Gasteiger partial charge < -0.3 is 15.1 Å². The fourth-order valence-electron chi connectivity index (χ4n) is 1.39. The van der Waals surface area contributed by atoms with Gasteiger partial charge in [-0.25, -0.2) is 13.1 Å². The number of hydrogen-bond acceptors (Lipinski definition) is 5. The normalized spacial score (nSPS) is 11.8. The minimum atomic E-state index is -3.53. The van der Waals surface area contributed by atoms with Crippen molar-refractivity contribution in [3.8, 4) is 0 Å². The molecule has 1 aromatic rings. The molecule has 1 amide bonds. The van der Waals surface area contributed by atoms with E-state index in [-0.39, 0.29) is 16.9 Å². The van der Waals surface area contributed by atoms with E-state index in [1.165, 1.54) is 13.1 Å². The summed E-state index contributed by atoms with van der Waals surface area (Å²) in [4.78, 5) is 11.3. The number of carbonyl (C=O) groups excluding carboxylic acids is 1.